The summed E-state index contributed by atoms with van der Waals surface area (Å²) in [6.07, 6.45) is 1.43. The molecular weight excluding hydrogens is 560 g/mol. The SMILES string of the molecule is O=C(NCC(=O)N1CCN(C(=O)c2ccco2)CC1)c1ccc(S(=O)(=O)N(Oc2ccccc2)c2ccccc2)cc1. The maximum Gasteiger partial charge on any atom is 0.295 e. The van der Waals surface area contributed by atoms with Crippen LogP contribution in [0.4, 0.5) is 5.69 Å². The summed E-state index contributed by atoms with van der Waals surface area (Å²) in [4.78, 5) is 46.7. The Morgan fingerprint density at radius 3 is 2.02 bits per heavy atom. The first-order valence-corrected chi connectivity index (χ1v) is 14.6. The van der Waals surface area contributed by atoms with Gasteiger partial charge < -0.3 is 24.4 Å². The van der Waals surface area contributed by atoms with Crippen LogP contribution in [-0.2, 0) is 14.8 Å². The number of carbonyl (C=O) groups excluding carboxylic acids is 3. The number of sulfonamides is 1. The molecule has 216 valence electrons. The molecule has 1 fully saturated rings. The third-order valence-corrected chi connectivity index (χ3v) is 8.17. The Hall–Kier alpha value is -5.10. The van der Waals surface area contributed by atoms with Crippen LogP contribution in [-0.4, -0.2) is 68.7 Å². The van der Waals surface area contributed by atoms with Crippen LogP contribution in [0.1, 0.15) is 20.9 Å². The van der Waals surface area contributed by atoms with Gasteiger partial charge >= 0.3 is 0 Å². The Kier molecular flexibility index (Phi) is 8.53. The van der Waals surface area contributed by atoms with Gasteiger partial charge in [0.2, 0.25) is 5.91 Å². The standard InChI is InChI=1S/C30H28N4O7S/c35-28(32-17-19-33(20-18-32)30(37)27-12-7-21-40-27)22-31-29(36)23-13-15-26(16-14-23)42(38,39)34(24-8-3-1-4-9-24)41-25-10-5-2-6-11-25/h1-16,21H,17-20,22H2,(H,31,36). The van der Waals surface area contributed by atoms with Crippen LogP contribution in [0.15, 0.2) is 113 Å². The Morgan fingerprint density at radius 1 is 0.786 bits per heavy atom. The van der Waals surface area contributed by atoms with Crippen molar-refractivity contribution >= 4 is 33.4 Å². The third kappa shape index (κ3) is 6.44. The monoisotopic (exact) mass is 588 g/mol. The number of rotatable bonds is 9. The van der Waals surface area contributed by atoms with Gasteiger partial charge in [-0.25, -0.2) is 0 Å². The highest BCUT2D eigenvalue weighted by Crippen LogP contribution is 2.26. The van der Waals surface area contributed by atoms with Gasteiger partial charge in [0.15, 0.2) is 11.5 Å². The highest BCUT2D eigenvalue weighted by molar-refractivity contribution is 7.92. The van der Waals surface area contributed by atoms with Gasteiger partial charge in [0.25, 0.3) is 21.8 Å². The highest BCUT2D eigenvalue weighted by atomic mass is 32.2. The molecule has 4 aromatic rings. The predicted octanol–water partition coefficient (Wildman–Crippen LogP) is 3.18. The number of piperazine rings is 1. The quantitative estimate of drug-likeness (QED) is 0.297. The van der Waals surface area contributed by atoms with Gasteiger partial charge in [0, 0.05) is 31.7 Å². The smallest absolute Gasteiger partial charge is 0.295 e. The van der Waals surface area contributed by atoms with E-state index in [1.165, 1.54) is 30.5 Å². The molecule has 1 N–H and O–H groups in total. The van der Waals surface area contributed by atoms with Gasteiger partial charge in [0.05, 0.1) is 23.4 Å². The van der Waals surface area contributed by atoms with Crippen molar-refractivity contribution in [3.05, 3.63) is 115 Å². The Bertz CT molecular complexity index is 1620. The molecule has 3 amide bonds. The molecule has 2 heterocycles. The lowest BCUT2D eigenvalue weighted by Gasteiger charge is -2.34. The van der Waals surface area contributed by atoms with E-state index in [1.54, 1.807) is 82.6 Å². The number of para-hydroxylation sites is 2. The van der Waals surface area contributed by atoms with E-state index < -0.39 is 15.9 Å². The van der Waals surface area contributed by atoms with Gasteiger partial charge in [-0.3, -0.25) is 14.4 Å². The minimum atomic E-state index is -4.18. The van der Waals surface area contributed by atoms with Crippen LogP contribution in [0.5, 0.6) is 5.75 Å². The van der Waals surface area contributed by atoms with E-state index in [1.807, 2.05) is 0 Å². The van der Waals surface area contributed by atoms with Crippen molar-refractivity contribution < 1.29 is 32.1 Å². The average molecular weight is 589 g/mol. The lowest BCUT2D eigenvalue weighted by molar-refractivity contribution is -0.131. The minimum absolute atomic E-state index is 0.0862. The van der Waals surface area contributed by atoms with Gasteiger partial charge in [0.1, 0.15) is 0 Å². The second-order valence-electron chi connectivity index (χ2n) is 9.33. The average Bonchev–Trinajstić information content (AvgIpc) is 3.58. The number of furan rings is 1. The molecule has 0 bridgehead atoms. The first-order chi connectivity index (χ1) is 20.3. The zero-order chi connectivity index (χ0) is 29.5. The Balaban J connectivity index is 1.19. The molecule has 11 nitrogen and oxygen atoms in total. The number of hydrogen-bond acceptors (Lipinski definition) is 7. The van der Waals surface area contributed by atoms with Crippen molar-refractivity contribution in [1.29, 1.82) is 0 Å². The molecule has 12 heteroatoms. The molecule has 1 aliphatic heterocycles. The van der Waals surface area contributed by atoms with E-state index in [0.717, 1.165) is 4.47 Å². The largest absolute Gasteiger partial charge is 0.459 e. The second kappa shape index (κ2) is 12.6. The zero-order valence-corrected chi connectivity index (χ0v) is 23.3. The van der Waals surface area contributed by atoms with E-state index >= 15 is 0 Å². The minimum Gasteiger partial charge on any atom is -0.459 e. The number of nitrogens with zero attached hydrogens (tertiary/aromatic N) is 3. The van der Waals surface area contributed by atoms with E-state index in [4.69, 9.17) is 9.25 Å². The molecule has 0 atom stereocenters. The number of benzene rings is 3. The van der Waals surface area contributed by atoms with Crippen molar-refractivity contribution in [2.45, 2.75) is 4.90 Å². The molecule has 0 unspecified atom stereocenters. The summed E-state index contributed by atoms with van der Waals surface area (Å²) < 4.78 is 33.1. The molecule has 3 aromatic carbocycles. The molecule has 0 spiro atoms. The molecule has 0 radical (unpaired) electrons. The van der Waals surface area contributed by atoms with Crippen molar-refractivity contribution in [3.8, 4) is 5.75 Å². The van der Waals surface area contributed by atoms with Gasteiger partial charge in [-0.05, 0) is 60.7 Å². The molecule has 42 heavy (non-hydrogen) atoms. The Labute approximate surface area is 242 Å². The summed E-state index contributed by atoms with van der Waals surface area (Å²) in [5, 5.41) is 2.58. The number of anilines is 1. The van der Waals surface area contributed by atoms with Crippen molar-refractivity contribution in [2.24, 2.45) is 0 Å². The molecule has 1 aromatic heterocycles. The van der Waals surface area contributed by atoms with Crippen molar-refractivity contribution in [1.82, 2.24) is 15.1 Å². The number of carbonyl (C=O) groups is 3. The van der Waals surface area contributed by atoms with Crippen LogP contribution in [0, 0.1) is 0 Å². The molecule has 0 aliphatic carbocycles. The number of nitrogens with one attached hydrogen (secondary N) is 1. The molecule has 0 saturated carbocycles. The molecule has 1 saturated heterocycles. The normalized spacial score (nSPS) is 13.3. The molecular formula is C30H28N4O7S. The summed E-state index contributed by atoms with van der Waals surface area (Å²) in [5.41, 5.74) is 0.485. The van der Waals surface area contributed by atoms with Gasteiger partial charge in [-0.15, -0.1) is 0 Å². The van der Waals surface area contributed by atoms with Crippen LogP contribution in [0.3, 0.4) is 0 Å². The Morgan fingerprint density at radius 2 is 1.40 bits per heavy atom. The lowest BCUT2D eigenvalue weighted by atomic mass is 10.2. The van der Waals surface area contributed by atoms with E-state index in [2.05, 4.69) is 5.32 Å². The summed E-state index contributed by atoms with van der Waals surface area (Å²) >= 11 is 0. The van der Waals surface area contributed by atoms with E-state index in [9.17, 15) is 22.8 Å². The fourth-order valence-electron chi connectivity index (χ4n) is 4.33. The summed E-state index contributed by atoms with van der Waals surface area (Å²) in [6, 6.07) is 25.5. The topological polar surface area (TPSA) is 129 Å². The van der Waals surface area contributed by atoms with Crippen LogP contribution in [0.25, 0.3) is 0 Å². The van der Waals surface area contributed by atoms with Crippen LogP contribution in [0.2, 0.25) is 0 Å². The fraction of sp³-hybridized carbons (Fsp3) is 0.167. The summed E-state index contributed by atoms with van der Waals surface area (Å²) in [6.45, 7) is 1.12. The second-order valence-corrected chi connectivity index (χ2v) is 11.1. The third-order valence-electron chi connectivity index (χ3n) is 6.58. The van der Waals surface area contributed by atoms with Crippen molar-refractivity contribution in [2.75, 3.05) is 37.2 Å². The number of hydrogen-bond donors (Lipinski definition) is 1. The number of amides is 3. The summed E-state index contributed by atoms with van der Waals surface area (Å²) in [7, 11) is -4.18. The zero-order valence-electron chi connectivity index (χ0n) is 22.5. The molecule has 5 rings (SSSR count). The predicted molar refractivity (Wildman–Crippen MR) is 153 cm³/mol. The van der Waals surface area contributed by atoms with Crippen LogP contribution < -0.4 is 14.6 Å². The van der Waals surface area contributed by atoms with E-state index in [0.29, 0.717) is 37.6 Å². The maximum absolute atomic E-state index is 13.6. The molecule has 1 aliphatic rings. The van der Waals surface area contributed by atoms with E-state index in [-0.39, 0.29) is 34.6 Å². The fourth-order valence-corrected chi connectivity index (χ4v) is 5.58. The first-order valence-electron chi connectivity index (χ1n) is 13.1. The van der Waals surface area contributed by atoms with Crippen molar-refractivity contribution in [3.63, 3.8) is 0 Å². The van der Waals surface area contributed by atoms with Gasteiger partial charge in [-0.1, -0.05) is 40.9 Å². The lowest BCUT2D eigenvalue weighted by Crippen LogP contribution is -2.52. The maximum atomic E-state index is 13.6. The van der Waals surface area contributed by atoms with Crippen LogP contribution >= 0.6 is 0 Å². The summed E-state index contributed by atoms with van der Waals surface area (Å²) in [5.74, 6) is -0.471. The van der Waals surface area contributed by atoms with Gasteiger partial charge in [-0.2, -0.15) is 8.42 Å². The first kappa shape index (κ1) is 28.4. The highest BCUT2D eigenvalue weighted by Gasteiger charge is 2.29.